The summed E-state index contributed by atoms with van der Waals surface area (Å²) in [5.74, 6) is 4.21. The molecule has 0 aliphatic carbocycles. The molecule has 0 fully saturated rings. The van der Waals surface area contributed by atoms with Gasteiger partial charge in [-0.2, -0.15) is 4.98 Å². The van der Waals surface area contributed by atoms with Crippen LogP contribution in [0.25, 0.3) is 0 Å². The first kappa shape index (κ1) is 12.6. The lowest BCUT2D eigenvalue weighted by Crippen LogP contribution is -2.10. The summed E-state index contributed by atoms with van der Waals surface area (Å²) >= 11 is 0. The van der Waals surface area contributed by atoms with Crippen LogP contribution in [0.4, 0.5) is 16.0 Å². The fourth-order valence-corrected chi connectivity index (χ4v) is 1.27. The fraction of sp³-hybridized carbons (Fsp3) is 0. The van der Waals surface area contributed by atoms with Gasteiger partial charge >= 0.3 is 0 Å². The highest BCUT2D eigenvalue weighted by Gasteiger charge is 2.12. The monoisotopic (exact) mass is 265 g/mol. The second-order valence-corrected chi connectivity index (χ2v) is 3.34. The standard InChI is InChI=1S/C10H8FN5O3/c11-7-5-6(16(17)18)1-2-8(7)19-9-3-4-13-10(14-9)15-12/h1-5H,12H2,(H,13,14,15). The molecule has 2 aromatic rings. The van der Waals surface area contributed by atoms with E-state index in [1.54, 1.807) is 0 Å². The van der Waals surface area contributed by atoms with Gasteiger partial charge in [0.25, 0.3) is 5.69 Å². The van der Waals surface area contributed by atoms with E-state index in [0.29, 0.717) is 0 Å². The third-order valence-corrected chi connectivity index (χ3v) is 2.10. The van der Waals surface area contributed by atoms with E-state index in [-0.39, 0.29) is 23.3 Å². The molecule has 1 heterocycles. The van der Waals surface area contributed by atoms with E-state index in [1.165, 1.54) is 12.3 Å². The van der Waals surface area contributed by atoms with Crippen LogP contribution in [-0.2, 0) is 0 Å². The summed E-state index contributed by atoms with van der Waals surface area (Å²) in [5.41, 5.74) is 1.84. The van der Waals surface area contributed by atoms with Gasteiger partial charge in [-0.1, -0.05) is 0 Å². The maximum absolute atomic E-state index is 13.6. The smallest absolute Gasteiger partial charge is 0.272 e. The number of nitrogen functional groups attached to an aromatic ring is 1. The number of nitro benzene ring substituents is 1. The first-order chi connectivity index (χ1) is 9.10. The highest BCUT2D eigenvalue weighted by Crippen LogP contribution is 2.26. The second-order valence-electron chi connectivity index (χ2n) is 3.34. The number of nitro groups is 1. The second kappa shape index (κ2) is 5.23. The van der Waals surface area contributed by atoms with E-state index in [2.05, 4.69) is 15.4 Å². The first-order valence-electron chi connectivity index (χ1n) is 5.01. The van der Waals surface area contributed by atoms with Crippen molar-refractivity contribution in [2.45, 2.75) is 0 Å². The van der Waals surface area contributed by atoms with Crippen LogP contribution >= 0.6 is 0 Å². The van der Waals surface area contributed by atoms with Crippen molar-refractivity contribution in [3.05, 3.63) is 46.4 Å². The number of nitrogens with zero attached hydrogens (tertiary/aromatic N) is 3. The fourth-order valence-electron chi connectivity index (χ4n) is 1.27. The molecule has 3 N–H and O–H groups in total. The number of hydrogen-bond donors (Lipinski definition) is 2. The molecule has 8 nitrogen and oxygen atoms in total. The maximum Gasteiger partial charge on any atom is 0.272 e. The number of non-ortho nitro benzene ring substituents is 1. The Labute approximate surface area is 106 Å². The highest BCUT2D eigenvalue weighted by molar-refractivity contribution is 5.39. The van der Waals surface area contributed by atoms with Crippen molar-refractivity contribution < 1.29 is 14.1 Å². The highest BCUT2D eigenvalue weighted by atomic mass is 19.1. The van der Waals surface area contributed by atoms with Crippen molar-refractivity contribution in [2.24, 2.45) is 5.84 Å². The molecule has 19 heavy (non-hydrogen) atoms. The molecule has 1 aromatic carbocycles. The Morgan fingerprint density at radius 2 is 2.21 bits per heavy atom. The summed E-state index contributed by atoms with van der Waals surface area (Å²) in [5, 5.41) is 10.5. The quantitative estimate of drug-likeness (QED) is 0.490. The van der Waals surface area contributed by atoms with Crippen LogP contribution in [0, 0.1) is 15.9 Å². The molecule has 0 unspecified atom stereocenters. The normalized spacial score (nSPS) is 10.0. The molecule has 9 heteroatoms. The van der Waals surface area contributed by atoms with Gasteiger partial charge in [0.1, 0.15) is 0 Å². The molecule has 0 atom stereocenters. The minimum Gasteiger partial charge on any atom is -0.436 e. The van der Waals surface area contributed by atoms with E-state index < -0.39 is 10.7 Å². The van der Waals surface area contributed by atoms with E-state index in [1.807, 2.05) is 0 Å². The summed E-state index contributed by atoms with van der Waals surface area (Å²) in [7, 11) is 0. The minimum atomic E-state index is -0.866. The Hall–Kier alpha value is -2.81. The molecule has 0 aliphatic heterocycles. The van der Waals surface area contributed by atoms with Crippen molar-refractivity contribution in [3.63, 3.8) is 0 Å². The van der Waals surface area contributed by atoms with Gasteiger partial charge in [0, 0.05) is 18.3 Å². The number of hydrazine groups is 1. The van der Waals surface area contributed by atoms with Crippen molar-refractivity contribution in [1.82, 2.24) is 9.97 Å². The molecule has 0 bridgehead atoms. The van der Waals surface area contributed by atoms with Gasteiger partial charge in [-0.15, -0.1) is 0 Å². The van der Waals surface area contributed by atoms with Gasteiger partial charge < -0.3 is 4.74 Å². The summed E-state index contributed by atoms with van der Waals surface area (Å²) in [6.45, 7) is 0. The SMILES string of the molecule is NNc1nccc(Oc2ccc([N+](=O)[O-])cc2F)n1. The third-order valence-electron chi connectivity index (χ3n) is 2.10. The number of hydrogen-bond acceptors (Lipinski definition) is 7. The predicted octanol–water partition coefficient (Wildman–Crippen LogP) is 1.60. The van der Waals surface area contributed by atoms with Gasteiger partial charge in [-0.3, -0.25) is 15.5 Å². The molecule has 0 saturated carbocycles. The first-order valence-corrected chi connectivity index (χ1v) is 5.01. The maximum atomic E-state index is 13.6. The van der Waals surface area contributed by atoms with Crippen LogP contribution in [0.3, 0.4) is 0 Å². The van der Waals surface area contributed by atoms with Crippen molar-refractivity contribution in [2.75, 3.05) is 5.43 Å². The van der Waals surface area contributed by atoms with Crippen molar-refractivity contribution in [3.8, 4) is 11.6 Å². The van der Waals surface area contributed by atoms with Crippen LogP contribution in [0.1, 0.15) is 0 Å². The van der Waals surface area contributed by atoms with Gasteiger partial charge in [0.15, 0.2) is 11.6 Å². The average Bonchev–Trinajstić information content (AvgIpc) is 2.41. The van der Waals surface area contributed by atoms with Gasteiger partial charge in [-0.25, -0.2) is 15.2 Å². The number of nitrogens with one attached hydrogen (secondary N) is 1. The topological polar surface area (TPSA) is 116 Å². The molecule has 0 amide bonds. The van der Waals surface area contributed by atoms with E-state index in [9.17, 15) is 14.5 Å². The summed E-state index contributed by atoms with van der Waals surface area (Å²) < 4.78 is 18.7. The minimum absolute atomic E-state index is 0.0516. The number of ether oxygens (including phenoxy) is 1. The molecule has 2 rings (SSSR count). The number of rotatable bonds is 4. The van der Waals surface area contributed by atoms with E-state index in [0.717, 1.165) is 18.2 Å². The Morgan fingerprint density at radius 1 is 1.42 bits per heavy atom. The van der Waals surface area contributed by atoms with E-state index >= 15 is 0 Å². The third kappa shape index (κ3) is 2.90. The zero-order valence-electron chi connectivity index (χ0n) is 9.41. The molecular weight excluding hydrogens is 257 g/mol. The predicted molar refractivity (Wildman–Crippen MR) is 63.0 cm³/mol. The zero-order valence-corrected chi connectivity index (χ0v) is 9.41. The number of anilines is 1. The van der Waals surface area contributed by atoms with E-state index in [4.69, 9.17) is 10.6 Å². The molecule has 0 radical (unpaired) electrons. The number of halogens is 1. The largest absolute Gasteiger partial charge is 0.436 e. The lowest BCUT2D eigenvalue weighted by Gasteiger charge is -2.06. The molecule has 0 saturated heterocycles. The Balaban J connectivity index is 2.25. The molecule has 0 aliphatic rings. The molecule has 0 spiro atoms. The zero-order chi connectivity index (χ0) is 13.8. The van der Waals surface area contributed by atoms with Crippen LogP contribution in [0.15, 0.2) is 30.5 Å². The van der Waals surface area contributed by atoms with Crippen LogP contribution < -0.4 is 16.0 Å². The van der Waals surface area contributed by atoms with Gasteiger partial charge in [0.05, 0.1) is 11.0 Å². The van der Waals surface area contributed by atoms with Crippen LogP contribution in [0.2, 0.25) is 0 Å². The number of benzene rings is 1. The number of nitrogens with two attached hydrogens (primary N) is 1. The van der Waals surface area contributed by atoms with Crippen LogP contribution in [-0.4, -0.2) is 14.9 Å². The molecular formula is C10H8FN5O3. The summed E-state index contributed by atoms with van der Waals surface area (Å²) in [6, 6.07) is 4.42. The van der Waals surface area contributed by atoms with Gasteiger partial charge in [0.2, 0.25) is 11.8 Å². The number of aromatic nitrogens is 2. The van der Waals surface area contributed by atoms with Gasteiger partial charge in [-0.05, 0) is 6.07 Å². The molecule has 98 valence electrons. The lowest BCUT2D eigenvalue weighted by atomic mass is 10.3. The van der Waals surface area contributed by atoms with Crippen molar-refractivity contribution in [1.29, 1.82) is 0 Å². The summed E-state index contributed by atoms with van der Waals surface area (Å²) in [6.07, 6.45) is 1.36. The van der Waals surface area contributed by atoms with Crippen LogP contribution in [0.5, 0.6) is 11.6 Å². The average molecular weight is 265 g/mol. The Kier molecular flexibility index (Phi) is 3.48. The lowest BCUT2D eigenvalue weighted by molar-refractivity contribution is -0.385. The summed E-state index contributed by atoms with van der Waals surface area (Å²) in [4.78, 5) is 17.3. The Morgan fingerprint density at radius 3 is 2.84 bits per heavy atom. The molecule has 1 aromatic heterocycles. The van der Waals surface area contributed by atoms with Crippen molar-refractivity contribution >= 4 is 11.6 Å². The Bertz CT molecular complexity index is 622.